The van der Waals surface area contributed by atoms with E-state index in [-0.39, 0.29) is 29.6 Å². The number of ether oxygens (including phenoxy) is 1. The van der Waals surface area contributed by atoms with Crippen molar-refractivity contribution >= 4 is 28.1 Å². The number of nitrogens with one attached hydrogen (secondary N) is 2. The molecule has 9 nitrogen and oxygen atoms in total. The number of benzene rings is 1. The predicted molar refractivity (Wildman–Crippen MR) is 105 cm³/mol. The van der Waals surface area contributed by atoms with Crippen LogP contribution in [-0.4, -0.2) is 58.7 Å². The van der Waals surface area contributed by atoms with E-state index >= 15 is 0 Å². The van der Waals surface area contributed by atoms with E-state index < -0.39 is 10.0 Å². The number of H-pyrrole nitrogens is 1. The monoisotopic (exact) mass is 425 g/mol. The van der Waals surface area contributed by atoms with E-state index in [1.54, 1.807) is 11.6 Å². The van der Waals surface area contributed by atoms with E-state index in [1.807, 2.05) is 13.8 Å². The quantitative estimate of drug-likeness (QED) is 0.697. The predicted octanol–water partition coefficient (Wildman–Crippen LogP) is 1.21. The molecule has 2 N–H and O–H groups in total. The summed E-state index contributed by atoms with van der Waals surface area (Å²) < 4.78 is 34.9. The van der Waals surface area contributed by atoms with Gasteiger partial charge in [0.2, 0.25) is 10.0 Å². The van der Waals surface area contributed by atoms with Crippen molar-refractivity contribution in [3.05, 3.63) is 40.4 Å². The van der Waals surface area contributed by atoms with Crippen LogP contribution in [0.3, 0.4) is 0 Å². The molecule has 1 saturated heterocycles. The molecule has 1 fully saturated rings. The van der Waals surface area contributed by atoms with Gasteiger partial charge in [0.15, 0.2) is 10.6 Å². The Hall–Kier alpha value is -2.08. The summed E-state index contributed by atoms with van der Waals surface area (Å²) in [6.07, 6.45) is -0.329. The Morgan fingerprint density at radius 2 is 1.89 bits per heavy atom. The van der Waals surface area contributed by atoms with Crippen LogP contribution in [0.15, 0.2) is 29.2 Å². The van der Waals surface area contributed by atoms with Crippen LogP contribution in [0.4, 0.5) is 0 Å². The number of sulfonamides is 1. The van der Waals surface area contributed by atoms with Gasteiger partial charge in [0, 0.05) is 25.7 Å². The molecule has 3 rings (SSSR count). The largest absolute Gasteiger partial charge is 0.373 e. The second kappa shape index (κ2) is 8.11. The summed E-state index contributed by atoms with van der Waals surface area (Å²) >= 11 is 5.03. The van der Waals surface area contributed by atoms with Crippen LogP contribution >= 0.6 is 12.2 Å². The molecule has 11 heteroatoms. The van der Waals surface area contributed by atoms with E-state index in [1.165, 1.54) is 28.6 Å². The highest BCUT2D eigenvalue weighted by molar-refractivity contribution is 7.89. The number of carbonyl (C=O) groups is 1. The van der Waals surface area contributed by atoms with E-state index in [9.17, 15) is 13.2 Å². The summed E-state index contributed by atoms with van der Waals surface area (Å²) in [5, 5.41) is 9.41. The van der Waals surface area contributed by atoms with Gasteiger partial charge >= 0.3 is 0 Å². The Morgan fingerprint density at radius 1 is 1.29 bits per heavy atom. The molecule has 1 aliphatic rings. The molecule has 28 heavy (non-hydrogen) atoms. The van der Waals surface area contributed by atoms with E-state index in [4.69, 9.17) is 17.0 Å². The Kier molecular flexibility index (Phi) is 5.98. The van der Waals surface area contributed by atoms with Crippen molar-refractivity contribution < 1.29 is 17.9 Å². The van der Waals surface area contributed by atoms with Crippen molar-refractivity contribution in [1.82, 2.24) is 24.4 Å². The summed E-state index contributed by atoms with van der Waals surface area (Å²) in [6, 6.07) is 5.90. The van der Waals surface area contributed by atoms with Gasteiger partial charge in [-0.25, -0.2) is 8.42 Å². The highest BCUT2D eigenvalue weighted by Crippen LogP contribution is 2.21. The Morgan fingerprint density at radius 3 is 2.43 bits per heavy atom. The van der Waals surface area contributed by atoms with Gasteiger partial charge in [0.25, 0.3) is 5.91 Å². The van der Waals surface area contributed by atoms with Crippen LogP contribution in [0.25, 0.3) is 0 Å². The fraction of sp³-hybridized carbons (Fsp3) is 0.471. The lowest BCUT2D eigenvalue weighted by molar-refractivity contribution is -0.0440. The molecule has 1 amide bonds. The highest BCUT2D eigenvalue weighted by atomic mass is 32.2. The average molecular weight is 426 g/mol. The molecule has 2 atom stereocenters. The van der Waals surface area contributed by atoms with Crippen molar-refractivity contribution in [2.75, 3.05) is 13.1 Å². The third kappa shape index (κ3) is 4.32. The molecule has 2 heterocycles. The zero-order valence-electron chi connectivity index (χ0n) is 15.9. The van der Waals surface area contributed by atoms with Crippen LogP contribution in [0.5, 0.6) is 0 Å². The smallest absolute Gasteiger partial charge is 0.251 e. The topological polar surface area (TPSA) is 109 Å². The van der Waals surface area contributed by atoms with Crippen LogP contribution in [0.1, 0.15) is 30.0 Å². The van der Waals surface area contributed by atoms with Crippen molar-refractivity contribution in [2.24, 2.45) is 7.05 Å². The number of aromatic nitrogens is 3. The van der Waals surface area contributed by atoms with E-state index in [0.29, 0.717) is 29.2 Å². The van der Waals surface area contributed by atoms with Crippen LogP contribution < -0.4 is 5.32 Å². The number of hydrogen-bond acceptors (Lipinski definition) is 6. The average Bonchev–Trinajstić information content (AvgIpc) is 2.97. The molecule has 2 aromatic rings. The number of rotatable bonds is 5. The third-order valence-corrected chi connectivity index (χ3v) is 6.73. The third-order valence-electron chi connectivity index (χ3n) is 4.52. The minimum atomic E-state index is -3.64. The summed E-state index contributed by atoms with van der Waals surface area (Å²) in [6.45, 7) is 4.51. The first-order chi connectivity index (χ1) is 13.2. The van der Waals surface area contributed by atoms with Gasteiger partial charge in [-0.3, -0.25) is 9.89 Å². The Balaban J connectivity index is 1.69. The molecule has 0 bridgehead atoms. The molecule has 1 aliphatic heterocycles. The summed E-state index contributed by atoms with van der Waals surface area (Å²) in [5.41, 5.74) is 0.361. The fourth-order valence-corrected chi connectivity index (χ4v) is 4.79. The number of carbonyl (C=O) groups excluding carboxylic acids is 1. The molecule has 0 saturated carbocycles. The Labute approximate surface area is 168 Å². The van der Waals surface area contributed by atoms with Crippen LogP contribution in [0.2, 0.25) is 0 Å². The van der Waals surface area contributed by atoms with Crippen molar-refractivity contribution in [2.45, 2.75) is 37.5 Å². The van der Waals surface area contributed by atoms with E-state index in [0.717, 1.165) is 0 Å². The van der Waals surface area contributed by atoms with Gasteiger partial charge in [-0.2, -0.15) is 9.40 Å². The molecule has 152 valence electrons. The maximum Gasteiger partial charge on any atom is 0.251 e. The standard InChI is InChI=1S/C17H23N5O4S2/c1-11-9-22(10-12(2)26-11)28(24,25)14-6-4-13(5-7-14)16(23)18-8-15-19-20-17(27)21(15)3/h4-7,11-12H,8-10H2,1-3H3,(H,18,23)(H,20,27). The fourth-order valence-electron chi connectivity index (χ4n) is 3.05. The lowest BCUT2D eigenvalue weighted by Crippen LogP contribution is -2.48. The zero-order chi connectivity index (χ0) is 20.5. The van der Waals surface area contributed by atoms with Gasteiger partial charge < -0.3 is 14.6 Å². The van der Waals surface area contributed by atoms with Crippen molar-refractivity contribution in [3.8, 4) is 0 Å². The molecular formula is C17H23N5O4S2. The van der Waals surface area contributed by atoms with Gasteiger partial charge in [0.1, 0.15) is 0 Å². The first-order valence-electron chi connectivity index (χ1n) is 8.82. The lowest BCUT2D eigenvalue weighted by Gasteiger charge is -2.34. The zero-order valence-corrected chi connectivity index (χ0v) is 17.5. The molecule has 1 aromatic heterocycles. The number of morpholine rings is 1. The van der Waals surface area contributed by atoms with Crippen molar-refractivity contribution in [3.63, 3.8) is 0 Å². The molecule has 0 aliphatic carbocycles. The first kappa shape index (κ1) is 20.6. The van der Waals surface area contributed by atoms with Gasteiger partial charge in [-0.1, -0.05) is 0 Å². The molecule has 0 radical (unpaired) electrons. The van der Waals surface area contributed by atoms with Gasteiger partial charge in [0.05, 0.1) is 23.6 Å². The second-order valence-electron chi connectivity index (χ2n) is 6.79. The number of amides is 1. The Bertz CT molecular complexity index is 1000. The maximum atomic E-state index is 12.9. The molecule has 2 unspecified atom stereocenters. The molecule has 0 spiro atoms. The van der Waals surface area contributed by atoms with Crippen LogP contribution in [0, 0.1) is 4.77 Å². The summed E-state index contributed by atoms with van der Waals surface area (Å²) in [4.78, 5) is 12.5. The highest BCUT2D eigenvalue weighted by Gasteiger charge is 2.32. The van der Waals surface area contributed by atoms with Gasteiger partial charge in [-0.15, -0.1) is 0 Å². The maximum absolute atomic E-state index is 12.9. The normalized spacial score (nSPS) is 20.8. The van der Waals surface area contributed by atoms with E-state index in [2.05, 4.69) is 15.5 Å². The summed E-state index contributed by atoms with van der Waals surface area (Å²) in [5.74, 6) is 0.264. The first-order valence-corrected chi connectivity index (χ1v) is 10.7. The lowest BCUT2D eigenvalue weighted by atomic mass is 10.2. The second-order valence-corrected chi connectivity index (χ2v) is 9.12. The minimum Gasteiger partial charge on any atom is -0.373 e. The number of hydrogen-bond donors (Lipinski definition) is 2. The van der Waals surface area contributed by atoms with Crippen LogP contribution in [-0.2, 0) is 28.4 Å². The molecule has 1 aromatic carbocycles. The number of nitrogens with zero attached hydrogens (tertiary/aromatic N) is 3. The number of aromatic amines is 1. The van der Waals surface area contributed by atoms with Crippen molar-refractivity contribution in [1.29, 1.82) is 0 Å². The minimum absolute atomic E-state index is 0.153. The molecular weight excluding hydrogens is 402 g/mol. The summed E-state index contributed by atoms with van der Waals surface area (Å²) in [7, 11) is -1.89. The SMILES string of the molecule is CC1CN(S(=O)(=O)c2ccc(C(=O)NCc3n[nH]c(=S)n3C)cc2)CC(C)O1. The van der Waals surface area contributed by atoms with Gasteiger partial charge in [-0.05, 0) is 50.3 Å².